The Morgan fingerprint density at radius 3 is 2.50 bits per heavy atom. The van der Waals surface area contributed by atoms with E-state index < -0.39 is 17.8 Å². The Balaban J connectivity index is 1.19. The van der Waals surface area contributed by atoms with E-state index in [4.69, 9.17) is 4.74 Å². The van der Waals surface area contributed by atoms with Gasteiger partial charge in [0.15, 0.2) is 0 Å². The quantitative estimate of drug-likeness (QED) is 0.693. The summed E-state index contributed by atoms with van der Waals surface area (Å²) in [6.45, 7) is 2.62. The average Bonchev–Trinajstić information content (AvgIpc) is 3.59. The molecule has 182 valence electrons. The molecule has 1 saturated carbocycles. The summed E-state index contributed by atoms with van der Waals surface area (Å²) in [5.41, 5.74) is 0.817. The molecule has 0 spiro atoms. The van der Waals surface area contributed by atoms with Crippen LogP contribution in [0.5, 0.6) is 5.88 Å². The lowest BCUT2D eigenvalue weighted by molar-refractivity contribution is -0.137. The highest BCUT2D eigenvalue weighted by Gasteiger charge is 2.40. The van der Waals surface area contributed by atoms with Gasteiger partial charge in [0.25, 0.3) is 0 Å². The highest BCUT2D eigenvalue weighted by molar-refractivity contribution is 5.83. The van der Waals surface area contributed by atoms with E-state index in [1.165, 1.54) is 25.0 Å². The Bertz CT molecular complexity index is 1010. The SMILES string of the molecule is CN[C@H](C(=O)N1CCN2C[C@H](Oc3cnc(C4CC4)cn3)C[C@H]2C1)c1ccc(C(F)(F)F)cc1. The summed E-state index contributed by atoms with van der Waals surface area (Å²) in [6.07, 6.45) is 2.21. The number of halogens is 3. The van der Waals surface area contributed by atoms with Gasteiger partial charge in [0, 0.05) is 44.6 Å². The molecule has 1 aromatic heterocycles. The summed E-state index contributed by atoms with van der Waals surface area (Å²) < 4.78 is 44.7. The molecule has 3 fully saturated rings. The maximum absolute atomic E-state index is 13.2. The van der Waals surface area contributed by atoms with Crippen LogP contribution >= 0.6 is 0 Å². The Labute approximate surface area is 196 Å². The van der Waals surface area contributed by atoms with Gasteiger partial charge >= 0.3 is 6.18 Å². The van der Waals surface area contributed by atoms with Gasteiger partial charge in [-0.15, -0.1) is 0 Å². The lowest BCUT2D eigenvalue weighted by Gasteiger charge is -2.38. The van der Waals surface area contributed by atoms with Gasteiger partial charge in [0.1, 0.15) is 12.1 Å². The molecule has 7 nitrogen and oxygen atoms in total. The van der Waals surface area contributed by atoms with Crippen LogP contribution in [0.2, 0.25) is 0 Å². The monoisotopic (exact) mass is 475 g/mol. The van der Waals surface area contributed by atoms with E-state index in [9.17, 15) is 18.0 Å². The maximum Gasteiger partial charge on any atom is 0.416 e. The van der Waals surface area contributed by atoms with Crippen molar-refractivity contribution in [1.29, 1.82) is 0 Å². The average molecular weight is 476 g/mol. The number of amides is 1. The van der Waals surface area contributed by atoms with Gasteiger partial charge in [-0.25, -0.2) is 4.98 Å². The standard InChI is InChI=1S/C24H28F3N5O2/c1-28-22(16-4-6-17(7-5-16)24(25,26)27)23(33)32-9-8-31-14-19(10-18(31)13-32)34-21-12-29-20(11-30-21)15-2-3-15/h4-7,11-12,15,18-19,22,28H,2-3,8-10,13-14H2,1H3/t18-,19+,22-/m0/s1. The fraction of sp³-hybridized carbons (Fsp3) is 0.542. The van der Waals surface area contributed by atoms with E-state index in [1.54, 1.807) is 24.3 Å². The molecule has 3 aliphatic rings. The molecule has 0 bridgehead atoms. The second-order valence-corrected chi connectivity index (χ2v) is 9.30. The Hall–Kier alpha value is -2.72. The van der Waals surface area contributed by atoms with Gasteiger partial charge in [0.2, 0.25) is 11.8 Å². The maximum atomic E-state index is 13.2. The normalized spacial score (nSPS) is 24.1. The van der Waals surface area contributed by atoms with E-state index in [-0.39, 0.29) is 18.1 Å². The van der Waals surface area contributed by atoms with Crippen molar-refractivity contribution in [2.45, 2.75) is 49.5 Å². The number of carbonyl (C=O) groups excluding carboxylic acids is 1. The van der Waals surface area contributed by atoms with Crippen LogP contribution in [0.25, 0.3) is 0 Å². The minimum Gasteiger partial charge on any atom is -0.472 e. The number of fused-ring (bicyclic) bond motifs is 1. The molecule has 1 aliphatic carbocycles. The van der Waals surface area contributed by atoms with Crippen LogP contribution in [-0.4, -0.2) is 71.0 Å². The van der Waals surface area contributed by atoms with Crippen LogP contribution in [0.1, 0.15) is 48.0 Å². The number of alkyl halides is 3. The van der Waals surface area contributed by atoms with E-state index in [0.717, 1.165) is 37.3 Å². The molecule has 0 unspecified atom stereocenters. The number of rotatable bonds is 6. The highest BCUT2D eigenvalue weighted by atomic mass is 19.4. The third kappa shape index (κ3) is 4.88. The first-order valence-electron chi connectivity index (χ1n) is 11.7. The minimum absolute atomic E-state index is 0.0175. The number of hydrogen-bond donors (Lipinski definition) is 1. The van der Waals surface area contributed by atoms with E-state index in [1.807, 2.05) is 0 Å². The Morgan fingerprint density at radius 1 is 1.12 bits per heavy atom. The lowest BCUT2D eigenvalue weighted by atomic mass is 10.0. The van der Waals surface area contributed by atoms with Crippen molar-refractivity contribution in [3.05, 3.63) is 53.5 Å². The molecule has 34 heavy (non-hydrogen) atoms. The summed E-state index contributed by atoms with van der Waals surface area (Å²) in [5.74, 6) is 0.946. The summed E-state index contributed by atoms with van der Waals surface area (Å²) in [7, 11) is 1.64. The molecular formula is C24H28F3N5O2. The van der Waals surface area contributed by atoms with Crippen LogP contribution in [0, 0.1) is 0 Å². The minimum atomic E-state index is -4.40. The van der Waals surface area contributed by atoms with Gasteiger partial charge in [-0.05, 0) is 37.6 Å². The number of aromatic nitrogens is 2. The number of piperazine rings is 1. The van der Waals surface area contributed by atoms with Crippen molar-refractivity contribution >= 4 is 5.91 Å². The predicted molar refractivity (Wildman–Crippen MR) is 118 cm³/mol. The van der Waals surface area contributed by atoms with Crippen LogP contribution in [0.15, 0.2) is 36.7 Å². The fourth-order valence-electron chi connectivity index (χ4n) is 4.91. The highest BCUT2D eigenvalue weighted by Crippen LogP contribution is 2.38. The topological polar surface area (TPSA) is 70.6 Å². The van der Waals surface area contributed by atoms with Gasteiger partial charge in [-0.1, -0.05) is 12.1 Å². The number of benzene rings is 1. The van der Waals surface area contributed by atoms with Crippen LogP contribution in [0.4, 0.5) is 13.2 Å². The molecule has 0 radical (unpaired) electrons. The second-order valence-electron chi connectivity index (χ2n) is 9.30. The Morgan fingerprint density at radius 2 is 1.88 bits per heavy atom. The van der Waals surface area contributed by atoms with Gasteiger partial charge in [-0.3, -0.25) is 14.7 Å². The number of carbonyl (C=O) groups is 1. The van der Waals surface area contributed by atoms with Crippen LogP contribution < -0.4 is 10.1 Å². The molecule has 1 amide bonds. The molecule has 1 N–H and O–H groups in total. The third-order valence-electron chi connectivity index (χ3n) is 6.93. The molecule has 5 rings (SSSR count). The molecule has 2 aromatic rings. The zero-order valence-electron chi connectivity index (χ0n) is 19.0. The first-order chi connectivity index (χ1) is 16.3. The number of nitrogens with zero attached hydrogens (tertiary/aromatic N) is 4. The van der Waals surface area contributed by atoms with Crippen molar-refractivity contribution in [3.63, 3.8) is 0 Å². The number of ether oxygens (including phenoxy) is 1. The van der Waals surface area contributed by atoms with Crippen LogP contribution in [0.3, 0.4) is 0 Å². The van der Waals surface area contributed by atoms with Gasteiger partial charge in [-0.2, -0.15) is 13.2 Å². The second kappa shape index (κ2) is 9.14. The number of nitrogens with one attached hydrogen (secondary N) is 1. The lowest BCUT2D eigenvalue weighted by Crippen LogP contribution is -2.54. The molecule has 2 saturated heterocycles. The summed E-state index contributed by atoms with van der Waals surface area (Å²) in [4.78, 5) is 26.2. The fourth-order valence-corrected chi connectivity index (χ4v) is 4.91. The molecule has 1 aromatic carbocycles. The molecule has 10 heteroatoms. The molecular weight excluding hydrogens is 447 g/mol. The van der Waals surface area contributed by atoms with Crippen molar-refractivity contribution in [1.82, 2.24) is 25.1 Å². The van der Waals surface area contributed by atoms with Crippen molar-refractivity contribution in [2.24, 2.45) is 0 Å². The number of hydrogen-bond acceptors (Lipinski definition) is 6. The smallest absolute Gasteiger partial charge is 0.416 e. The van der Waals surface area contributed by atoms with E-state index >= 15 is 0 Å². The zero-order valence-corrected chi connectivity index (χ0v) is 19.0. The van der Waals surface area contributed by atoms with Crippen molar-refractivity contribution < 1.29 is 22.7 Å². The summed E-state index contributed by atoms with van der Waals surface area (Å²) >= 11 is 0. The van der Waals surface area contributed by atoms with Gasteiger partial charge < -0.3 is 15.0 Å². The predicted octanol–water partition coefficient (Wildman–Crippen LogP) is 3.00. The van der Waals surface area contributed by atoms with Crippen molar-refractivity contribution in [2.75, 3.05) is 33.2 Å². The molecule has 3 heterocycles. The molecule has 2 aliphatic heterocycles. The van der Waals surface area contributed by atoms with E-state index in [2.05, 4.69) is 20.2 Å². The first kappa shape index (κ1) is 23.0. The van der Waals surface area contributed by atoms with Gasteiger partial charge in [0.05, 0.1) is 23.7 Å². The largest absolute Gasteiger partial charge is 0.472 e. The van der Waals surface area contributed by atoms with E-state index in [0.29, 0.717) is 30.5 Å². The third-order valence-corrected chi connectivity index (χ3v) is 6.93. The zero-order chi connectivity index (χ0) is 23.9. The summed E-state index contributed by atoms with van der Waals surface area (Å²) in [5, 5.41) is 2.97. The van der Waals surface area contributed by atoms with Crippen molar-refractivity contribution in [3.8, 4) is 5.88 Å². The molecule has 3 atom stereocenters. The first-order valence-corrected chi connectivity index (χ1v) is 11.7. The summed E-state index contributed by atoms with van der Waals surface area (Å²) in [6, 6.07) is 4.25. The number of likely N-dealkylation sites (N-methyl/N-ethyl adjacent to an activating group) is 1. The van der Waals surface area contributed by atoms with Crippen LogP contribution in [-0.2, 0) is 11.0 Å². The Kier molecular flexibility index (Phi) is 6.20.